The van der Waals surface area contributed by atoms with Crippen molar-refractivity contribution in [1.29, 1.82) is 0 Å². The van der Waals surface area contributed by atoms with Crippen molar-refractivity contribution in [1.82, 2.24) is 0 Å². The first-order chi connectivity index (χ1) is 5.35. The predicted molar refractivity (Wildman–Crippen MR) is 44.1 cm³/mol. The molecule has 1 fully saturated rings. The second-order valence-corrected chi connectivity index (χ2v) is 3.21. The highest BCUT2D eigenvalue weighted by Crippen LogP contribution is 2.50. The second-order valence-electron chi connectivity index (χ2n) is 3.21. The van der Waals surface area contributed by atoms with Crippen molar-refractivity contribution in [2.24, 2.45) is 17.8 Å². The summed E-state index contributed by atoms with van der Waals surface area (Å²) in [4.78, 5) is 0. The molecule has 1 aliphatic rings. The van der Waals surface area contributed by atoms with Crippen molar-refractivity contribution < 1.29 is 10.2 Å². The van der Waals surface area contributed by atoms with E-state index >= 15 is 0 Å². The van der Waals surface area contributed by atoms with E-state index in [1.165, 1.54) is 0 Å². The van der Waals surface area contributed by atoms with Crippen LogP contribution in [0.2, 0.25) is 0 Å². The Morgan fingerprint density at radius 3 is 2.36 bits per heavy atom. The van der Waals surface area contributed by atoms with Gasteiger partial charge in [-0.25, -0.2) is 0 Å². The molecular weight excluding hydrogens is 140 g/mol. The van der Waals surface area contributed by atoms with Crippen LogP contribution in [-0.2, 0) is 0 Å². The molecule has 0 aliphatic heterocycles. The van der Waals surface area contributed by atoms with Gasteiger partial charge < -0.3 is 10.2 Å². The molecule has 2 N–H and O–H groups in total. The van der Waals surface area contributed by atoms with Crippen molar-refractivity contribution in [3.63, 3.8) is 0 Å². The molecule has 1 unspecified atom stereocenters. The minimum atomic E-state index is 0.245. The molecule has 1 rings (SSSR count). The lowest BCUT2D eigenvalue weighted by Crippen LogP contribution is -1.90. The van der Waals surface area contributed by atoms with E-state index < -0.39 is 0 Å². The molecule has 0 aromatic heterocycles. The van der Waals surface area contributed by atoms with Crippen molar-refractivity contribution in [2.45, 2.75) is 12.8 Å². The monoisotopic (exact) mass is 156 g/mol. The Bertz CT molecular complexity index is 134. The lowest BCUT2D eigenvalue weighted by molar-refractivity contribution is 0.248. The van der Waals surface area contributed by atoms with E-state index in [4.69, 9.17) is 10.2 Å². The van der Waals surface area contributed by atoms with Gasteiger partial charge in [-0.15, -0.1) is 6.58 Å². The number of aliphatic hydroxyl groups is 2. The Morgan fingerprint density at radius 2 is 1.91 bits per heavy atom. The highest BCUT2D eigenvalue weighted by molar-refractivity contribution is 4.98. The van der Waals surface area contributed by atoms with Gasteiger partial charge in [0.2, 0.25) is 0 Å². The number of rotatable bonds is 5. The summed E-state index contributed by atoms with van der Waals surface area (Å²) in [5.74, 6) is 1.56. The fourth-order valence-corrected chi connectivity index (χ4v) is 1.91. The summed E-state index contributed by atoms with van der Waals surface area (Å²) in [6.07, 6.45) is 3.71. The lowest BCUT2D eigenvalue weighted by atomic mass is 10.2. The van der Waals surface area contributed by atoms with Gasteiger partial charge in [-0.1, -0.05) is 6.08 Å². The summed E-state index contributed by atoms with van der Waals surface area (Å²) < 4.78 is 0. The summed E-state index contributed by atoms with van der Waals surface area (Å²) in [6.45, 7) is 4.17. The summed E-state index contributed by atoms with van der Waals surface area (Å²) in [6, 6.07) is 0. The van der Waals surface area contributed by atoms with Gasteiger partial charge in [0.25, 0.3) is 0 Å². The van der Waals surface area contributed by atoms with Gasteiger partial charge in [-0.05, 0) is 30.6 Å². The summed E-state index contributed by atoms with van der Waals surface area (Å²) in [5.41, 5.74) is 0. The molecule has 0 aromatic rings. The third-order valence-electron chi connectivity index (χ3n) is 2.62. The quantitative estimate of drug-likeness (QED) is 0.578. The molecule has 0 spiro atoms. The Labute approximate surface area is 67.6 Å². The molecule has 64 valence electrons. The Balaban J connectivity index is 2.26. The molecular formula is C9H16O2. The molecule has 1 aliphatic carbocycles. The molecule has 2 heteroatoms. The number of hydrogen-bond acceptors (Lipinski definition) is 2. The maximum Gasteiger partial charge on any atom is 0.0464 e. The normalized spacial score (nSPS) is 35.3. The van der Waals surface area contributed by atoms with E-state index in [1.807, 2.05) is 6.08 Å². The molecule has 11 heavy (non-hydrogen) atoms. The van der Waals surface area contributed by atoms with Crippen LogP contribution in [0, 0.1) is 17.8 Å². The van der Waals surface area contributed by atoms with Crippen molar-refractivity contribution in [3.8, 4) is 0 Å². The topological polar surface area (TPSA) is 40.5 Å². The summed E-state index contributed by atoms with van der Waals surface area (Å²) >= 11 is 0. The Kier molecular flexibility index (Phi) is 3.09. The third-order valence-corrected chi connectivity index (χ3v) is 2.62. The van der Waals surface area contributed by atoms with Gasteiger partial charge in [-0.3, -0.25) is 0 Å². The Hall–Kier alpha value is -0.340. The number of allylic oxidation sites excluding steroid dienone is 1. The van der Waals surface area contributed by atoms with Crippen LogP contribution in [0.5, 0.6) is 0 Å². The minimum Gasteiger partial charge on any atom is -0.396 e. The van der Waals surface area contributed by atoms with E-state index in [-0.39, 0.29) is 13.2 Å². The molecule has 0 radical (unpaired) electrons. The molecule has 0 bridgehead atoms. The number of hydrogen-bond donors (Lipinski definition) is 2. The van der Waals surface area contributed by atoms with Gasteiger partial charge >= 0.3 is 0 Å². The highest BCUT2D eigenvalue weighted by Gasteiger charge is 2.47. The van der Waals surface area contributed by atoms with Crippen LogP contribution in [0.25, 0.3) is 0 Å². The molecule has 2 nitrogen and oxygen atoms in total. The number of aliphatic hydroxyl groups excluding tert-OH is 2. The smallest absolute Gasteiger partial charge is 0.0464 e. The van der Waals surface area contributed by atoms with Crippen molar-refractivity contribution in [2.75, 3.05) is 13.2 Å². The molecule has 3 atom stereocenters. The zero-order valence-corrected chi connectivity index (χ0v) is 6.74. The van der Waals surface area contributed by atoms with Gasteiger partial charge in [-0.2, -0.15) is 0 Å². The zero-order valence-electron chi connectivity index (χ0n) is 6.74. The summed E-state index contributed by atoms with van der Waals surface area (Å²) in [5, 5.41) is 17.6. The SMILES string of the molecule is C=CC[C@@H]1C(CCO)[C@@H]1CO. The van der Waals surface area contributed by atoms with Gasteiger partial charge in [0.15, 0.2) is 0 Å². The van der Waals surface area contributed by atoms with Crippen LogP contribution in [0.1, 0.15) is 12.8 Å². The lowest BCUT2D eigenvalue weighted by Gasteiger charge is -1.90. The van der Waals surface area contributed by atoms with Crippen LogP contribution in [0.3, 0.4) is 0 Å². The first-order valence-electron chi connectivity index (χ1n) is 4.17. The van der Waals surface area contributed by atoms with E-state index in [0.717, 1.165) is 12.8 Å². The van der Waals surface area contributed by atoms with E-state index in [0.29, 0.717) is 17.8 Å². The van der Waals surface area contributed by atoms with Crippen LogP contribution in [0.15, 0.2) is 12.7 Å². The molecule has 1 saturated carbocycles. The standard InChI is InChI=1S/C9H16O2/c1-2-3-7-8(4-5-10)9(7)6-11/h2,7-11H,1,3-6H2/t7-,8?,9-/m1/s1. The minimum absolute atomic E-state index is 0.245. The van der Waals surface area contributed by atoms with Gasteiger partial charge in [0.1, 0.15) is 0 Å². The predicted octanol–water partition coefficient (Wildman–Crippen LogP) is 0.799. The van der Waals surface area contributed by atoms with Crippen LogP contribution < -0.4 is 0 Å². The van der Waals surface area contributed by atoms with E-state index in [2.05, 4.69) is 6.58 Å². The molecule has 0 heterocycles. The van der Waals surface area contributed by atoms with E-state index in [9.17, 15) is 0 Å². The van der Waals surface area contributed by atoms with E-state index in [1.54, 1.807) is 0 Å². The fourth-order valence-electron chi connectivity index (χ4n) is 1.91. The maximum absolute atomic E-state index is 8.88. The van der Waals surface area contributed by atoms with Crippen molar-refractivity contribution in [3.05, 3.63) is 12.7 Å². The zero-order chi connectivity index (χ0) is 8.27. The molecule has 0 amide bonds. The maximum atomic E-state index is 8.88. The molecule has 0 aromatic carbocycles. The van der Waals surface area contributed by atoms with Crippen molar-refractivity contribution >= 4 is 0 Å². The average molecular weight is 156 g/mol. The Morgan fingerprint density at radius 1 is 1.18 bits per heavy atom. The highest BCUT2D eigenvalue weighted by atomic mass is 16.3. The van der Waals surface area contributed by atoms with Gasteiger partial charge in [0.05, 0.1) is 0 Å². The average Bonchev–Trinajstić information content (AvgIpc) is 2.65. The largest absolute Gasteiger partial charge is 0.396 e. The van der Waals surface area contributed by atoms with Crippen LogP contribution in [-0.4, -0.2) is 23.4 Å². The summed E-state index contributed by atoms with van der Waals surface area (Å²) in [7, 11) is 0. The first kappa shape index (κ1) is 8.75. The second kappa shape index (κ2) is 3.88. The third kappa shape index (κ3) is 1.82. The first-order valence-corrected chi connectivity index (χ1v) is 4.17. The van der Waals surface area contributed by atoms with Crippen LogP contribution in [0.4, 0.5) is 0 Å². The fraction of sp³-hybridized carbons (Fsp3) is 0.778. The molecule has 0 saturated heterocycles. The van der Waals surface area contributed by atoms with Gasteiger partial charge in [0, 0.05) is 13.2 Å². The van der Waals surface area contributed by atoms with Crippen LogP contribution >= 0.6 is 0 Å².